The Balaban J connectivity index is 1.58. The summed E-state index contributed by atoms with van der Waals surface area (Å²) < 4.78 is 7.04. The molecule has 1 fully saturated rings. The second kappa shape index (κ2) is 9.91. The lowest BCUT2D eigenvalue weighted by molar-refractivity contribution is 0.0600. The molecule has 0 radical (unpaired) electrons. The topological polar surface area (TPSA) is 72.3 Å². The molecule has 8 heteroatoms. The first kappa shape index (κ1) is 23.7. The fourth-order valence-electron chi connectivity index (χ4n) is 4.93. The fourth-order valence-corrected chi connectivity index (χ4v) is 5.23. The Bertz CT molecular complexity index is 1390. The third-order valence-corrected chi connectivity index (χ3v) is 6.94. The zero-order chi connectivity index (χ0) is 25.2. The Kier molecular flexibility index (Phi) is 6.52. The van der Waals surface area contributed by atoms with Gasteiger partial charge in [-0.15, -0.1) is 0 Å². The van der Waals surface area contributed by atoms with Crippen molar-refractivity contribution in [1.29, 1.82) is 0 Å². The van der Waals surface area contributed by atoms with Gasteiger partial charge in [0.25, 0.3) is 0 Å². The number of methoxy groups -OCH3 is 1. The molecule has 0 amide bonds. The Morgan fingerprint density at radius 1 is 1.03 bits per heavy atom. The van der Waals surface area contributed by atoms with E-state index in [9.17, 15) is 4.79 Å². The summed E-state index contributed by atoms with van der Waals surface area (Å²) in [5.41, 5.74) is 6.71. The summed E-state index contributed by atoms with van der Waals surface area (Å²) in [6.07, 6.45) is 3.61. The molecule has 36 heavy (non-hydrogen) atoms. The molecule has 4 heterocycles. The van der Waals surface area contributed by atoms with Crippen LogP contribution in [0.4, 0.5) is 0 Å². The lowest BCUT2D eigenvalue weighted by Gasteiger charge is -2.28. The quantitative estimate of drug-likeness (QED) is 0.302. The maximum Gasteiger partial charge on any atom is 0.337 e. The highest BCUT2D eigenvalue weighted by molar-refractivity contribution is 7.80. The average molecular weight is 498 g/mol. The molecule has 0 saturated carbocycles. The van der Waals surface area contributed by atoms with Gasteiger partial charge in [0.2, 0.25) is 0 Å². The van der Waals surface area contributed by atoms with Crippen LogP contribution in [-0.2, 0) is 11.3 Å². The maximum absolute atomic E-state index is 11.9. The molecular formula is C28H27N5O2S. The number of carbonyl (C=O) groups is 1. The number of pyridine rings is 2. The Morgan fingerprint density at radius 2 is 1.75 bits per heavy atom. The van der Waals surface area contributed by atoms with Crippen LogP contribution in [0.5, 0.6) is 0 Å². The predicted octanol–water partition coefficient (Wildman–Crippen LogP) is 4.84. The van der Waals surface area contributed by atoms with Gasteiger partial charge in [0, 0.05) is 29.5 Å². The normalized spacial score (nSPS) is 17.2. The highest BCUT2D eigenvalue weighted by Gasteiger charge is 2.41. The molecule has 5 rings (SSSR count). The number of thiocarbonyl (C=S) groups is 1. The van der Waals surface area contributed by atoms with E-state index in [-0.39, 0.29) is 18.1 Å². The lowest BCUT2D eigenvalue weighted by atomic mass is 9.96. The molecule has 0 aliphatic carbocycles. The Morgan fingerprint density at radius 3 is 2.39 bits per heavy atom. The number of rotatable bonds is 6. The SMILES string of the molecule is COC(=O)c1ccc(-n2c(C)cc(C3C(c4ccccn4)NC(=S)N3Cc3ccccn3)c2C)cc1. The van der Waals surface area contributed by atoms with Crippen LogP contribution < -0.4 is 5.32 Å². The zero-order valence-electron chi connectivity index (χ0n) is 20.4. The van der Waals surface area contributed by atoms with Crippen LogP contribution in [0.2, 0.25) is 0 Å². The Labute approximate surface area is 215 Å². The highest BCUT2D eigenvalue weighted by Crippen LogP contribution is 2.42. The van der Waals surface area contributed by atoms with E-state index in [0.29, 0.717) is 17.2 Å². The minimum Gasteiger partial charge on any atom is -0.465 e. The van der Waals surface area contributed by atoms with Crippen LogP contribution >= 0.6 is 12.2 Å². The molecule has 1 aliphatic rings. The van der Waals surface area contributed by atoms with Crippen molar-refractivity contribution >= 4 is 23.3 Å². The van der Waals surface area contributed by atoms with Gasteiger partial charge in [0.1, 0.15) is 0 Å². The molecule has 1 aliphatic heterocycles. The van der Waals surface area contributed by atoms with Crippen LogP contribution in [-0.4, -0.2) is 37.6 Å². The predicted molar refractivity (Wildman–Crippen MR) is 142 cm³/mol. The number of nitrogens with one attached hydrogen (secondary N) is 1. The van der Waals surface area contributed by atoms with E-state index in [0.717, 1.165) is 34.0 Å². The van der Waals surface area contributed by atoms with E-state index in [2.05, 4.69) is 44.7 Å². The van der Waals surface area contributed by atoms with E-state index in [1.54, 1.807) is 18.3 Å². The molecule has 2 unspecified atom stereocenters. The van der Waals surface area contributed by atoms with E-state index in [1.165, 1.54) is 7.11 Å². The van der Waals surface area contributed by atoms with Crippen LogP contribution in [0.1, 0.15) is 50.8 Å². The van der Waals surface area contributed by atoms with Crippen LogP contribution in [0, 0.1) is 13.8 Å². The summed E-state index contributed by atoms with van der Waals surface area (Å²) in [6, 6.07) is 21.3. The van der Waals surface area contributed by atoms with Crippen molar-refractivity contribution in [2.75, 3.05) is 7.11 Å². The molecule has 7 nitrogen and oxygen atoms in total. The molecular weight excluding hydrogens is 470 g/mol. The van der Waals surface area contributed by atoms with Gasteiger partial charge in [-0.1, -0.05) is 12.1 Å². The minimum atomic E-state index is -0.350. The number of carbonyl (C=O) groups excluding carboxylic acids is 1. The van der Waals surface area contributed by atoms with Gasteiger partial charge in [-0.25, -0.2) is 4.79 Å². The summed E-state index contributed by atoms with van der Waals surface area (Å²) in [5, 5.41) is 4.19. The van der Waals surface area contributed by atoms with Crippen molar-refractivity contribution < 1.29 is 9.53 Å². The van der Waals surface area contributed by atoms with Gasteiger partial charge in [0.15, 0.2) is 5.11 Å². The molecule has 1 aromatic carbocycles. The van der Waals surface area contributed by atoms with E-state index in [1.807, 2.05) is 54.7 Å². The highest BCUT2D eigenvalue weighted by atomic mass is 32.1. The zero-order valence-corrected chi connectivity index (χ0v) is 21.2. The van der Waals surface area contributed by atoms with Gasteiger partial charge in [0.05, 0.1) is 42.7 Å². The van der Waals surface area contributed by atoms with Crippen LogP contribution in [0.3, 0.4) is 0 Å². The number of esters is 1. The molecule has 0 spiro atoms. The molecule has 0 bridgehead atoms. The number of hydrogen-bond acceptors (Lipinski definition) is 5. The number of nitrogens with zero attached hydrogens (tertiary/aromatic N) is 4. The molecule has 1 saturated heterocycles. The largest absolute Gasteiger partial charge is 0.465 e. The first-order valence-electron chi connectivity index (χ1n) is 11.7. The van der Waals surface area contributed by atoms with Gasteiger partial charge in [-0.3, -0.25) is 9.97 Å². The van der Waals surface area contributed by atoms with Crippen LogP contribution in [0.25, 0.3) is 5.69 Å². The number of aromatic nitrogens is 3. The summed E-state index contributed by atoms with van der Waals surface area (Å²) >= 11 is 5.83. The van der Waals surface area contributed by atoms with E-state index < -0.39 is 0 Å². The second-order valence-corrected chi connectivity index (χ2v) is 9.16. The Hall–Kier alpha value is -4.04. The monoisotopic (exact) mass is 497 g/mol. The first-order valence-corrected chi connectivity index (χ1v) is 12.1. The van der Waals surface area contributed by atoms with Gasteiger partial charge in [-0.2, -0.15) is 0 Å². The molecule has 4 aromatic rings. The van der Waals surface area contributed by atoms with E-state index in [4.69, 9.17) is 17.0 Å². The molecule has 1 N–H and O–H groups in total. The summed E-state index contributed by atoms with van der Waals surface area (Å²) in [4.78, 5) is 23.3. The van der Waals surface area contributed by atoms with Gasteiger partial charge in [-0.05, 0) is 86.2 Å². The van der Waals surface area contributed by atoms with Crippen molar-refractivity contribution in [3.05, 3.63) is 113 Å². The number of benzene rings is 1. The average Bonchev–Trinajstić information content (AvgIpc) is 3.39. The van der Waals surface area contributed by atoms with Gasteiger partial charge < -0.3 is 19.5 Å². The second-order valence-electron chi connectivity index (χ2n) is 8.78. The van der Waals surface area contributed by atoms with E-state index >= 15 is 0 Å². The van der Waals surface area contributed by atoms with Crippen molar-refractivity contribution in [3.8, 4) is 5.69 Å². The first-order chi connectivity index (χ1) is 17.5. The van der Waals surface area contributed by atoms with Crippen molar-refractivity contribution in [3.63, 3.8) is 0 Å². The maximum atomic E-state index is 11.9. The van der Waals surface area contributed by atoms with Crippen molar-refractivity contribution in [2.45, 2.75) is 32.5 Å². The smallest absolute Gasteiger partial charge is 0.337 e. The number of ether oxygens (including phenoxy) is 1. The van der Waals surface area contributed by atoms with Crippen LogP contribution in [0.15, 0.2) is 79.1 Å². The third kappa shape index (κ3) is 4.35. The molecule has 3 aromatic heterocycles. The lowest BCUT2D eigenvalue weighted by Crippen LogP contribution is -2.29. The van der Waals surface area contributed by atoms with Crippen molar-refractivity contribution in [2.24, 2.45) is 0 Å². The minimum absolute atomic E-state index is 0.0799. The molecule has 2 atom stereocenters. The summed E-state index contributed by atoms with van der Waals surface area (Å²) in [5.74, 6) is -0.350. The summed E-state index contributed by atoms with van der Waals surface area (Å²) in [6.45, 7) is 4.79. The number of aryl methyl sites for hydroxylation is 1. The summed E-state index contributed by atoms with van der Waals surface area (Å²) in [7, 11) is 1.39. The number of hydrogen-bond donors (Lipinski definition) is 1. The van der Waals surface area contributed by atoms with Crippen molar-refractivity contribution in [1.82, 2.24) is 24.8 Å². The standard InChI is InChI=1S/C28H27N5O2S/c1-18-16-23(19(2)33(18)22-12-10-20(11-13-22)27(34)35-3)26-25(24-9-5-7-15-30-24)31-28(36)32(26)17-21-8-4-6-14-29-21/h4-16,25-26H,17H2,1-3H3,(H,31,36). The molecule has 182 valence electrons. The third-order valence-electron chi connectivity index (χ3n) is 6.59. The fraction of sp³-hybridized carbons (Fsp3) is 0.214. The van der Waals surface area contributed by atoms with Gasteiger partial charge >= 0.3 is 5.97 Å².